The van der Waals surface area contributed by atoms with Crippen LogP contribution >= 0.6 is 0 Å². The van der Waals surface area contributed by atoms with Crippen molar-refractivity contribution >= 4 is 11.0 Å². The second-order valence-corrected chi connectivity index (χ2v) is 7.57. The molecule has 0 spiro atoms. The Labute approximate surface area is 178 Å². The van der Waals surface area contributed by atoms with Crippen LogP contribution in [-0.2, 0) is 0 Å². The molecule has 7 heteroatoms. The van der Waals surface area contributed by atoms with Crippen LogP contribution in [0.1, 0.15) is 36.4 Å². The number of hydrogen-bond donors (Lipinski definition) is 0. The molecule has 31 heavy (non-hydrogen) atoms. The molecule has 0 saturated heterocycles. The molecule has 0 unspecified atom stereocenters. The van der Waals surface area contributed by atoms with Crippen molar-refractivity contribution in [3.63, 3.8) is 0 Å². The number of hydrogen-bond acceptors (Lipinski definition) is 4. The summed E-state index contributed by atoms with van der Waals surface area (Å²) in [4.78, 5) is 4.80. The van der Waals surface area contributed by atoms with Gasteiger partial charge in [-0.3, -0.25) is 0 Å². The standard InChI is InChI=1S/C24H21F2N3O2/c1-30-19-11-10-15(12-20(19)31-2)18-13-17(23(25)26)21-22(14-8-9-14)28-29(24(21)27-18)16-6-4-3-5-7-16/h3-7,10-14,23H,8-9H2,1-2H3. The van der Waals surface area contributed by atoms with Crippen LogP contribution in [0.15, 0.2) is 54.6 Å². The summed E-state index contributed by atoms with van der Waals surface area (Å²) in [7, 11) is 3.09. The van der Waals surface area contributed by atoms with E-state index in [1.165, 1.54) is 13.2 Å². The van der Waals surface area contributed by atoms with Gasteiger partial charge in [0.1, 0.15) is 0 Å². The molecule has 5 nitrogen and oxygen atoms in total. The Bertz CT molecular complexity index is 1250. The van der Waals surface area contributed by atoms with E-state index < -0.39 is 6.43 Å². The molecule has 4 aromatic rings. The topological polar surface area (TPSA) is 49.2 Å². The third-order valence-corrected chi connectivity index (χ3v) is 5.57. The van der Waals surface area contributed by atoms with Gasteiger partial charge in [0.15, 0.2) is 17.1 Å². The Morgan fingerprint density at radius 2 is 1.71 bits per heavy atom. The molecule has 0 amide bonds. The van der Waals surface area contributed by atoms with Crippen molar-refractivity contribution in [2.24, 2.45) is 0 Å². The lowest BCUT2D eigenvalue weighted by molar-refractivity contribution is 0.153. The summed E-state index contributed by atoms with van der Waals surface area (Å²) in [6.45, 7) is 0. The van der Waals surface area contributed by atoms with E-state index in [1.54, 1.807) is 30.0 Å². The molecule has 2 aromatic heterocycles. The third kappa shape index (κ3) is 3.40. The summed E-state index contributed by atoms with van der Waals surface area (Å²) in [5.41, 5.74) is 2.99. The Balaban J connectivity index is 1.78. The van der Waals surface area contributed by atoms with Crippen molar-refractivity contribution in [3.8, 4) is 28.4 Å². The molecule has 1 aliphatic carbocycles. The fourth-order valence-corrected chi connectivity index (χ4v) is 3.88. The largest absolute Gasteiger partial charge is 0.493 e. The molecule has 1 saturated carbocycles. The van der Waals surface area contributed by atoms with Gasteiger partial charge in [0, 0.05) is 17.0 Å². The first-order valence-corrected chi connectivity index (χ1v) is 10.1. The van der Waals surface area contributed by atoms with Crippen molar-refractivity contribution in [2.75, 3.05) is 14.2 Å². The number of ether oxygens (including phenoxy) is 2. The smallest absolute Gasteiger partial charge is 0.264 e. The minimum Gasteiger partial charge on any atom is -0.493 e. The van der Waals surface area contributed by atoms with Gasteiger partial charge in [-0.05, 0) is 49.2 Å². The molecule has 1 fully saturated rings. The van der Waals surface area contributed by atoms with Crippen LogP contribution in [0.2, 0.25) is 0 Å². The molecule has 2 heterocycles. The molecular formula is C24H21F2N3O2. The molecule has 0 aliphatic heterocycles. The van der Waals surface area contributed by atoms with Crippen molar-refractivity contribution in [1.82, 2.24) is 14.8 Å². The number of benzene rings is 2. The number of rotatable bonds is 6. The number of halogens is 2. The van der Waals surface area contributed by atoms with Gasteiger partial charge < -0.3 is 9.47 Å². The first kappa shape index (κ1) is 19.5. The van der Waals surface area contributed by atoms with Crippen LogP contribution in [0.25, 0.3) is 28.0 Å². The van der Waals surface area contributed by atoms with Gasteiger partial charge in [-0.1, -0.05) is 18.2 Å². The Morgan fingerprint density at radius 1 is 0.968 bits per heavy atom. The zero-order chi connectivity index (χ0) is 21.5. The van der Waals surface area contributed by atoms with Crippen molar-refractivity contribution in [3.05, 3.63) is 65.9 Å². The predicted molar refractivity (Wildman–Crippen MR) is 114 cm³/mol. The first-order chi connectivity index (χ1) is 15.1. The normalized spacial score (nSPS) is 13.7. The number of pyridine rings is 1. The summed E-state index contributed by atoms with van der Waals surface area (Å²) in [6.07, 6.45) is -0.725. The molecule has 0 bridgehead atoms. The number of para-hydroxylation sites is 1. The van der Waals surface area contributed by atoms with Crippen molar-refractivity contribution in [1.29, 1.82) is 0 Å². The molecule has 2 aromatic carbocycles. The Morgan fingerprint density at radius 3 is 2.35 bits per heavy atom. The van der Waals surface area contributed by atoms with Crippen LogP contribution in [0.4, 0.5) is 8.78 Å². The van der Waals surface area contributed by atoms with E-state index in [1.807, 2.05) is 30.3 Å². The van der Waals surface area contributed by atoms with Gasteiger partial charge in [0.05, 0.1) is 36.7 Å². The maximum atomic E-state index is 14.2. The first-order valence-electron chi connectivity index (χ1n) is 10.1. The SMILES string of the molecule is COc1ccc(-c2cc(C(F)F)c3c(C4CC4)nn(-c4ccccc4)c3n2)cc1OC. The van der Waals surface area contributed by atoms with Crippen molar-refractivity contribution < 1.29 is 18.3 Å². The molecule has 0 N–H and O–H groups in total. The average Bonchev–Trinajstić information content (AvgIpc) is 3.58. The van der Waals surface area contributed by atoms with E-state index >= 15 is 0 Å². The molecule has 0 atom stereocenters. The molecule has 158 valence electrons. The highest BCUT2D eigenvalue weighted by Crippen LogP contribution is 2.45. The quantitative estimate of drug-likeness (QED) is 0.388. The second kappa shape index (κ2) is 7.65. The monoisotopic (exact) mass is 421 g/mol. The van der Waals surface area contributed by atoms with E-state index in [0.29, 0.717) is 39.5 Å². The van der Waals surface area contributed by atoms with Crippen LogP contribution in [0.5, 0.6) is 11.5 Å². The Hall–Kier alpha value is -3.48. The number of aromatic nitrogens is 3. The zero-order valence-corrected chi connectivity index (χ0v) is 17.2. The number of alkyl halides is 2. The number of nitrogens with zero attached hydrogens (tertiary/aromatic N) is 3. The molecule has 0 radical (unpaired) electrons. The second-order valence-electron chi connectivity index (χ2n) is 7.57. The van der Waals surface area contributed by atoms with E-state index in [0.717, 1.165) is 18.5 Å². The van der Waals surface area contributed by atoms with E-state index in [-0.39, 0.29) is 11.5 Å². The van der Waals surface area contributed by atoms with Crippen molar-refractivity contribution in [2.45, 2.75) is 25.2 Å². The summed E-state index contributed by atoms with van der Waals surface area (Å²) < 4.78 is 40.8. The minimum absolute atomic E-state index is 0.0427. The maximum absolute atomic E-state index is 14.2. The summed E-state index contributed by atoms with van der Waals surface area (Å²) in [5, 5.41) is 5.20. The molecular weight excluding hydrogens is 400 g/mol. The third-order valence-electron chi connectivity index (χ3n) is 5.57. The van der Waals surface area contributed by atoms with Gasteiger partial charge in [-0.25, -0.2) is 18.4 Å². The highest BCUT2D eigenvalue weighted by Gasteiger charge is 2.33. The fourth-order valence-electron chi connectivity index (χ4n) is 3.88. The highest BCUT2D eigenvalue weighted by atomic mass is 19.3. The Kier molecular flexibility index (Phi) is 4.81. The maximum Gasteiger partial charge on any atom is 0.264 e. The van der Waals surface area contributed by atoms with E-state index in [4.69, 9.17) is 19.6 Å². The van der Waals surface area contributed by atoms with E-state index in [2.05, 4.69) is 0 Å². The zero-order valence-electron chi connectivity index (χ0n) is 17.2. The fraction of sp³-hybridized carbons (Fsp3) is 0.250. The van der Waals surface area contributed by atoms with Gasteiger partial charge in [0.2, 0.25) is 0 Å². The van der Waals surface area contributed by atoms with Gasteiger partial charge in [0.25, 0.3) is 6.43 Å². The predicted octanol–water partition coefficient (Wildman–Crippen LogP) is 5.92. The number of methoxy groups -OCH3 is 2. The van der Waals surface area contributed by atoms with Gasteiger partial charge >= 0.3 is 0 Å². The lowest BCUT2D eigenvalue weighted by Crippen LogP contribution is -2.00. The minimum atomic E-state index is -2.64. The number of fused-ring (bicyclic) bond motifs is 1. The van der Waals surface area contributed by atoms with Crippen LogP contribution in [0.3, 0.4) is 0 Å². The summed E-state index contributed by atoms with van der Waals surface area (Å²) in [5.74, 6) is 1.28. The van der Waals surface area contributed by atoms with E-state index in [9.17, 15) is 8.78 Å². The highest BCUT2D eigenvalue weighted by molar-refractivity contribution is 5.87. The van der Waals surface area contributed by atoms with Crippen LogP contribution < -0.4 is 9.47 Å². The lowest BCUT2D eigenvalue weighted by atomic mass is 10.0. The summed E-state index contributed by atoms with van der Waals surface area (Å²) in [6, 6.07) is 16.2. The van der Waals surface area contributed by atoms with Gasteiger partial charge in [-0.15, -0.1) is 0 Å². The van der Waals surface area contributed by atoms with Crippen LogP contribution in [0, 0.1) is 0 Å². The van der Waals surface area contributed by atoms with Crippen LogP contribution in [-0.4, -0.2) is 29.0 Å². The molecule has 1 aliphatic rings. The average molecular weight is 421 g/mol. The lowest BCUT2D eigenvalue weighted by Gasteiger charge is -2.12. The van der Waals surface area contributed by atoms with Gasteiger partial charge in [-0.2, -0.15) is 5.10 Å². The molecule has 5 rings (SSSR count). The summed E-state index contributed by atoms with van der Waals surface area (Å²) >= 11 is 0.